The molecule has 3 nitrogen and oxygen atoms in total. The first-order valence-electron chi connectivity index (χ1n) is 4.34. The third-order valence-corrected chi connectivity index (χ3v) is 2.70. The topological polar surface area (TPSA) is 45.9 Å². The first kappa shape index (κ1) is 14.9. The summed E-state index contributed by atoms with van der Waals surface area (Å²) in [7, 11) is 0. The summed E-state index contributed by atoms with van der Waals surface area (Å²) < 4.78 is 65.1. The largest absolute Gasteiger partial charge is 0.573 e. The first-order chi connectivity index (χ1) is 8.26. The van der Waals surface area contributed by atoms with Crippen LogP contribution in [0.1, 0.15) is 17.6 Å². The molecule has 0 aliphatic rings. The van der Waals surface area contributed by atoms with Gasteiger partial charge in [-0.2, -0.15) is 5.26 Å². The van der Waals surface area contributed by atoms with E-state index in [1.165, 1.54) is 28.7 Å². The number of nitriles is 1. The van der Waals surface area contributed by atoms with Gasteiger partial charge in [-0.15, -0.1) is 13.2 Å². The summed E-state index contributed by atoms with van der Waals surface area (Å²) in [6.45, 7) is 0. The maximum atomic E-state index is 12.7. The van der Waals surface area contributed by atoms with E-state index in [1.54, 1.807) is 0 Å². The predicted octanol–water partition coefficient (Wildman–Crippen LogP) is 3.59. The third-order valence-electron chi connectivity index (χ3n) is 1.84. The van der Waals surface area contributed by atoms with E-state index in [1.807, 2.05) is 0 Å². The molecule has 18 heavy (non-hydrogen) atoms. The van der Waals surface area contributed by atoms with Crippen LogP contribution in [0.4, 0.5) is 22.0 Å². The minimum Gasteiger partial charge on any atom is -0.404 e. The molecule has 0 atom stereocenters. The second kappa shape index (κ2) is 5.64. The minimum atomic E-state index is -5.03. The number of alkyl halides is 5. The first-order valence-corrected chi connectivity index (χ1v) is 5.42. The zero-order chi connectivity index (χ0) is 13.9. The van der Waals surface area contributed by atoms with Crippen molar-refractivity contribution < 1.29 is 26.7 Å². The van der Waals surface area contributed by atoms with E-state index >= 15 is 0 Å². The standard InChI is InChI=1S/C9H4F5IN2O/c10-7(11)6-4(1-2-16)5(3-17-8(6)15)18-9(12,13)14/h3,7H,1H2. The lowest BCUT2D eigenvalue weighted by atomic mass is 10.1. The Morgan fingerprint density at radius 2 is 2.06 bits per heavy atom. The SMILES string of the molecule is N#CCc1c(OC(F)(F)F)cnc(I)c1C(F)F. The Labute approximate surface area is 112 Å². The molecule has 0 unspecified atom stereocenters. The van der Waals surface area contributed by atoms with Gasteiger partial charge in [0.25, 0.3) is 6.43 Å². The number of hydrogen-bond donors (Lipinski definition) is 0. The van der Waals surface area contributed by atoms with Crippen molar-refractivity contribution in [3.8, 4) is 11.8 Å². The Kier molecular flexibility index (Phi) is 4.66. The molecule has 1 aromatic rings. The second-order valence-electron chi connectivity index (χ2n) is 2.99. The Hall–Kier alpha value is -1.18. The Balaban J connectivity index is 3.35. The Morgan fingerprint density at radius 1 is 1.44 bits per heavy atom. The van der Waals surface area contributed by atoms with Crippen LogP contribution in [-0.4, -0.2) is 11.3 Å². The van der Waals surface area contributed by atoms with Crippen LogP contribution in [0.25, 0.3) is 0 Å². The predicted molar refractivity (Wildman–Crippen MR) is 57.9 cm³/mol. The monoisotopic (exact) mass is 378 g/mol. The van der Waals surface area contributed by atoms with Crippen molar-refractivity contribution in [2.24, 2.45) is 0 Å². The van der Waals surface area contributed by atoms with Crippen LogP contribution >= 0.6 is 22.6 Å². The molecular formula is C9H4F5IN2O. The van der Waals surface area contributed by atoms with Gasteiger partial charge in [0.05, 0.1) is 24.3 Å². The summed E-state index contributed by atoms with van der Waals surface area (Å²) in [5.74, 6) is -0.875. The number of aromatic nitrogens is 1. The van der Waals surface area contributed by atoms with E-state index < -0.39 is 36.1 Å². The van der Waals surface area contributed by atoms with Crippen molar-refractivity contribution in [1.29, 1.82) is 5.26 Å². The van der Waals surface area contributed by atoms with E-state index in [2.05, 4.69) is 9.72 Å². The van der Waals surface area contributed by atoms with E-state index in [4.69, 9.17) is 5.26 Å². The summed E-state index contributed by atoms with van der Waals surface area (Å²) >= 11 is 1.46. The van der Waals surface area contributed by atoms with Crippen molar-refractivity contribution in [1.82, 2.24) is 4.98 Å². The number of halogens is 6. The van der Waals surface area contributed by atoms with Crippen LogP contribution < -0.4 is 4.74 Å². The van der Waals surface area contributed by atoms with Crippen molar-refractivity contribution in [2.75, 3.05) is 0 Å². The molecule has 0 aliphatic heterocycles. The summed E-state index contributed by atoms with van der Waals surface area (Å²) in [5.41, 5.74) is -1.21. The number of ether oxygens (including phenoxy) is 1. The van der Waals surface area contributed by atoms with Gasteiger partial charge in [0.1, 0.15) is 3.70 Å². The average Bonchev–Trinajstić information content (AvgIpc) is 2.20. The fourth-order valence-corrected chi connectivity index (χ4v) is 1.92. The molecular weight excluding hydrogens is 374 g/mol. The smallest absolute Gasteiger partial charge is 0.404 e. The van der Waals surface area contributed by atoms with Crippen molar-refractivity contribution in [2.45, 2.75) is 19.2 Å². The van der Waals surface area contributed by atoms with Gasteiger partial charge in [0, 0.05) is 5.56 Å². The molecule has 98 valence electrons. The normalized spacial score (nSPS) is 11.4. The molecule has 0 N–H and O–H groups in total. The molecule has 0 radical (unpaired) electrons. The van der Waals surface area contributed by atoms with E-state index in [0.29, 0.717) is 6.20 Å². The minimum absolute atomic E-state index is 0.164. The van der Waals surface area contributed by atoms with Crippen molar-refractivity contribution >= 4 is 22.6 Å². The van der Waals surface area contributed by atoms with Crippen LogP contribution in [-0.2, 0) is 6.42 Å². The maximum absolute atomic E-state index is 12.7. The number of hydrogen-bond acceptors (Lipinski definition) is 3. The summed E-state index contributed by atoms with van der Waals surface area (Å²) in [4.78, 5) is 3.40. The highest BCUT2D eigenvalue weighted by molar-refractivity contribution is 14.1. The van der Waals surface area contributed by atoms with Crippen LogP contribution in [0.5, 0.6) is 5.75 Å². The molecule has 0 fully saturated rings. The Morgan fingerprint density at radius 3 is 2.50 bits per heavy atom. The summed E-state index contributed by atoms with van der Waals surface area (Å²) in [5, 5.41) is 8.49. The third kappa shape index (κ3) is 3.66. The van der Waals surface area contributed by atoms with Crippen LogP contribution in [0.2, 0.25) is 0 Å². The fraction of sp³-hybridized carbons (Fsp3) is 0.333. The molecule has 0 aromatic carbocycles. The highest BCUT2D eigenvalue weighted by atomic mass is 127. The van der Waals surface area contributed by atoms with Gasteiger partial charge in [0.2, 0.25) is 0 Å². The molecule has 0 amide bonds. The molecule has 0 saturated carbocycles. The van der Waals surface area contributed by atoms with Crippen LogP contribution in [0.15, 0.2) is 6.20 Å². The lowest BCUT2D eigenvalue weighted by Gasteiger charge is -2.15. The van der Waals surface area contributed by atoms with E-state index in [0.717, 1.165) is 0 Å². The van der Waals surface area contributed by atoms with E-state index in [-0.39, 0.29) is 3.70 Å². The van der Waals surface area contributed by atoms with Gasteiger partial charge < -0.3 is 4.74 Å². The molecule has 0 spiro atoms. The van der Waals surface area contributed by atoms with Crippen LogP contribution in [0.3, 0.4) is 0 Å². The highest BCUT2D eigenvalue weighted by Gasteiger charge is 2.34. The van der Waals surface area contributed by atoms with Gasteiger partial charge in [0.15, 0.2) is 5.75 Å². The molecule has 1 heterocycles. The number of nitrogens with zero attached hydrogens (tertiary/aromatic N) is 2. The van der Waals surface area contributed by atoms with Gasteiger partial charge in [-0.3, -0.25) is 0 Å². The van der Waals surface area contributed by atoms with Gasteiger partial charge >= 0.3 is 6.36 Å². The molecule has 0 aliphatic carbocycles. The average molecular weight is 378 g/mol. The number of pyridine rings is 1. The molecule has 1 rings (SSSR count). The van der Waals surface area contributed by atoms with Gasteiger partial charge in [-0.05, 0) is 22.6 Å². The summed E-state index contributed by atoms with van der Waals surface area (Å²) in [6, 6.07) is 1.52. The number of rotatable bonds is 3. The Bertz CT molecular complexity index is 483. The quantitative estimate of drug-likeness (QED) is 0.459. The molecule has 1 aromatic heterocycles. The summed E-state index contributed by atoms with van der Waals surface area (Å²) in [6.07, 6.45) is -8.01. The molecule has 0 saturated heterocycles. The lowest BCUT2D eigenvalue weighted by Crippen LogP contribution is -2.19. The lowest BCUT2D eigenvalue weighted by molar-refractivity contribution is -0.275. The second-order valence-corrected chi connectivity index (χ2v) is 4.01. The van der Waals surface area contributed by atoms with E-state index in [9.17, 15) is 22.0 Å². The fourth-order valence-electron chi connectivity index (χ4n) is 1.22. The maximum Gasteiger partial charge on any atom is 0.573 e. The molecule has 9 heteroatoms. The zero-order valence-corrected chi connectivity index (χ0v) is 10.6. The highest BCUT2D eigenvalue weighted by Crippen LogP contribution is 2.35. The van der Waals surface area contributed by atoms with Crippen molar-refractivity contribution in [3.05, 3.63) is 21.0 Å². The van der Waals surface area contributed by atoms with Gasteiger partial charge in [-0.1, -0.05) is 0 Å². The van der Waals surface area contributed by atoms with Crippen molar-refractivity contribution in [3.63, 3.8) is 0 Å². The zero-order valence-electron chi connectivity index (χ0n) is 8.43. The molecule has 0 bridgehead atoms. The van der Waals surface area contributed by atoms with Crippen LogP contribution in [0, 0.1) is 15.0 Å². The van der Waals surface area contributed by atoms with Gasteiger partial charge in [-0.25, -0.2) is 13.8 Å².